The highest BCUT2D eigenvalue weighted by Crippen LogP contribution is 2.41. The largest absolute Gasteiger partial charge is 0.488 e. The molecule has 0 spiro atoms. The molecule has 0 aliphatic carbocycles. The van der Waals surface area contributed by atoms with Crippen LogP contribution < -0.4 is 10.1 Å². The summed E-state index contributed by atoms with van der Waals surface area (Å²) in [5.74, 6) is 0.804. The van der Waals surface area contributed by atoms with E-state index in [0.29, 0.717) is 6.42 Å². The maximum absolute atomic E-state index is 12.1. The second kappa shape index (κ2) is 4.63. The van der Waals surface area contributed by atoms with Crippen molar-refractivity contribution in [3.63, 3.8) is 0 Å². The smallest absolute Gasteiger partial charge is 0.227 e. The molecule has 1 aliphatic rings. The van der Waals surface area contributed by atoms with Crippen molar-refractivity contribution in [3.05, 3.63) is 29.3 Å². The van der Waals surface area contributed by atoms with Gasteiger partial charge >= 0.3 is 0 Å². The Kier molecular flexibility index (Phi) is 3.33. The van der Waals surface area contributed by atoms with Crippen LogP contribution in [0.4, 0.5) is 0 Å². The second-order valence-corrected chi connectivity index (χ2v) is 5.46. The molecule has 1 unspecified atom stereocenters. The van der Waals surface area contributed by atoms with Crippen LogP contribution in [0.1, 0.15) is 44.2 Å². The highest BCUT2D eigenvalue weighted by Gasteiger charge is 2.37. The summed E-state index contributed by atoms with van der Waals surface area (Å²) in [6.45, 7) is 6.17. The van der Waals surface area contributed by atoms with Crippen LogP contribution in [0, 0.1) is 0 Å². The lowest BCUT2D eigenvalue weighted by molar-refractivity contribution is -0.124. The molecule has 1 aromatic carbocycles. The molecule has 0 radical (unpaired) electrons. The predicted octanol–water partition coefficient (Wildman–Crippen LogP) is 2.64. The van der Waals surface area contributed by atoms with Crippen LogP contribution in [0.25, 0.3) is 0 Å². The van der Waals surface area contributed by atoms with Gasteiger partial charge in [-0.1, -0.05) is 19.1 Å². The summed E-state index contributed by atoms with van der Waals surface area (Å²) in [6, 6.07) is 6.16. The Morgan fingerprint density at radius 1 is 1.50 bits per heavy atom. The number of ether oxygens (including phenoxy) is 1. The van der Waals surface area contributed by atoms with E-state index in [1.54, 1.807) is 7.05 Å². The van der Waals surface area contributed by atoms with Crippen LogP contribution in [0.2, 0.25) is 0 Å². The van der Waals surface area contributed by atoms with Crippen LogP contribution in [0.15, 0.2) is 18.2 Å². The topological polar surface area (TPSA) is 38.3 Å². The van der Waals surface area contributed by atoms with Gasteiger partial charge in [0.2, 0.25) is 5.91 Å². The average molecular weight is 247 g/mol. The number of hydrogen-bond donors (Lipinski definition) is 1. The lowest BCUT2D eigenvalue weighted by Crippen LogP contribution is -2.40. The molecule has 1 amide bonds. The molecular formula is C15H21NO2. The highest BCUT2D eigenvalue weighted by atomic mass is 16.5. The molecule has 3 nitrogen and oxygen atoms in total. The number of carbonyl (C=O) groups excluding carboxylic acids is 1. The number of likely N-dealkylation sites (N-methyl/N-ethyl adjacent to an activating group) is 1. The zero-order valence-electron chi connectivity index (χ0n) is 11.5. The minimum Gasteiger partial charge on any atom is -0.488 e. The molecule has 0 aromatic heterocycles. The van der Waals surface area contributed by atoms with E-state index in [-0.39, 0.29) is 17.4 Å². The van der Waals surface area contributed by atoms with E-state index < -0.39 is 0 Å². The van der Waals surface area contributed by atoms with Gasteiger partial charge < -0.3 is 10.1 Å². The van der Waals surface area contributed by atoms with Crippen molar-refractivity contribution >= 4 is 5.91 Å². The van der Waals surface area contributed by atoms with Gasteiger partial charge in [-0.25, -0.2) is 0 Å². The van der Waals surface area contributed by atoms with E-state index in [0.717, 1.165) is 17.7 Å². The molecule has 1 aromatic rings. The van der Waals surface area contributed by atoms with Gasteiger partial charge in [-0.2, -0.15) is 0 Å². The molecule has 1 N–H and O–H groups in total. The normalized spacial score (nSPS) is 20.8. The van der Waals surface area contributed by atoms with Gasteiger partial charge in [0.25, 0.3) is 0 Å². The lowest BCUT2D eigenvalue weighted by atomic mass is 9.83. The van der Waals surface area contributed by atoms with Gasteiger partial charge in [0.05, 0.1) is 5.92 Å². The van der Waals surface area contributed by atoms with Crippen LogP contribution >= 0.6 is 0 Å². The minimum atomic E-state index is -0.294. The van der Waals surface area contributed by atoms with Crippen LogP contribution in [0.3, 0.4) is 0 Å². The third-order valence-corrected chi connectivity index (χ3v) is 3.50. The Balaban J connectivity index is 2.47. The first kappa shape index (κ1) is 12.9. The van der Waals surface area contributed by atoms with Gasteiger partial charge in [-0.15, -0.1) is 0 Å². The summed E-state index contributed by atoms with van der Waals surface area (Å²) < 4.78 is 5.96. The van der Waals surface area contributed by atoms with Gasteiger partial charge in [0.15, 0.2) is 0 Å². The summed E-state index contributed by atoms with van der Waals surface area (Å²) in [5, 5.41) is 2.76. The lowest BCUT2D eigenvalue weighted by Gasteiger charge is -2.37. The summed E-state index contributed by atoms with van der Waals surface area (Å²) in [4.78, 5) is 12.1. The molecule has 3 heteroatoms. The maximum Gasteiger partial charge on any atom is 0.227 e. The summed E-state index contributed by atoms with van der Waals surface area (Å²) in [5.41, 5.74) is 1.97. The monoisotopic (exact) mass is 247 g/mol. The third-order valence-electron chi connectivity index (χ3n) is 3.50. The van der Waals surface area contributed by atoms with Crippen molar-refractivity contribution in [1.82, 2.24) is 5.32 Å². The number of rotatable bonds is 2. The number of amides is 1. The number of nitrogens with one attached hydrogen (secondary N) is 1. The highest BCUT2D eigenvalue weighted by molar-refractivity contribution is 5.84. The van der Waals surface area contributed by atoms with E-state index in [1.807, 2.05) is 19.9 Å². The van der Waals surface area contributed by atoms with Crippen LogP contribution in [-0.2, 0) is 11.2 Å². The van der Waals surface area contributed by atoms with E-state index in [1.165, 1.54) is 5.56 Å². The molecule has 1 heterocycles. The Morgan fingerprint density at radius 2 is 2.22 bits per heavy atom. The molecule has 2 rings (SSSR count). The first-order valence-electron chi connectivity index (χ1n) is 6.50. The number of aryl methyl sites for hydroxylation is 1. The fourth-order valence-corrected chi connectivity index (χ4v) is 2.53. The SMILES string of the molecule is CCc1ccc2c(c1)C(C(=O)NC)CC(C)(C)O2. The number of hydrogen-bond acceptors (Lipinski definition) is 2. The van der Waals surface area contributed by atoms with Crippen molar-refractivity contribution in [1.29, 1.82) is 0 Å². The Morgan fingerprint density at radius 3 is 2.83 bits per heavy atom. The number of carbonyl (C=O) groups is 1. The number of fused-ring (bicyclic) bond motifs is 1. The van der Waals surface area contributed by atoms with Gasteiger partial charge in [0, 0.05) is 19.0 Å². The second-order valence-electron chi connectivity index (χ2n) is 5.46. The third kappa shape index (κ3) is 2.35. The maximum atomic E-state index is 12.1. The first-order chi connectivity index (χ1) is 8.46. The zero-order chi connectivity index (χ0) is 13.3. The van der Waals surface area contributed by atoms with E-state index in [4.69, 9.17) is 4.74 Å². The Hall–Kier alpha value is -1.51. The summed E-state index contributed by atoms with van der Waals surface area (Å²) in [6.07, 6.45) is 1.68. The van der Waals surface area contributed by atoms with E-state index in [2.05, 4.69) is 24.4 Å². The molecule has 0 fully saturated rings. The molecule has 0 bridgehead atoms. The van der Waals surface area contributed by atoms with Crippen molar-refractivity contribution in [2.75, 3.05) is 7.05 Å². The van der Waals surface area contributed by atoms with Crippen molar-refractivity contribution < 1.29 is 9.53 Å². The Bertz CT molecular complexity index is 466. The van der Waals surface area contributed by atoms with Crippen molar-refractivity contribution in [2.45, 2.75) is 45.1 Å². The zero-order valence-corrected chi connectivity index (χ0v) is 11.5. The van der Waals surface area contributed by atoms with E-state index >= 15 is 0 Å². The standard InChI is InChI=1S/C15H21NO2/c1-5-10-6-7-13-11(8-10)12(14(17)16-4)9-15(2,3)18-13/h6-8,12H,5,9H2,1-4H3,(H,16,17). The minimum absolute atomic E-state index is 0.0703. The van der Waals surface area contributed by atoms with E-state index in [9.17, 15) is 4.79 Å². The fourth-order valence-electron chi connectivity index (χ4n) is 2.53. The average Bonchev–Trinajstić information content (AvgIpc) is 2.35. The molecule has 1 aliphatic heterocycles. The fraction of sp³-hybridized carbons (Fsp3) is 0.533. The van der Waals surface area contributed by atoms with Crippen molar-refractivity contribution in [2.24, 2.45) is 0 Å². The van der Waals surface area contributed by atoms with Crippen LogP contribution in [-0.4, -0.2) is 18.6 Å². The van der Waals surface area contributed by atoms with Gasteiger partial charge in [0.1, 0.15) is 11.4 Å². The van der Waals surface area contributed by atoms with Gasteiger partial charge in [-0.3, -0.25) is 4.79 Å². The Labute approximate surface area is 109 Å². The predicted molar refractivity (Wildman–Crippen MR) is 72.0 cm³/mol. The first-order valence-corrected chi connectivity index (χ1v) is 6.50. The summed E-state index contributed by atoms with van der Waals surface area (Å²) in [7, 11) is 1.69. The number of benzene rings is 1. The van der Waals surface area contributed by atoms with Crippen LogP contribution in [0.5, 0.6) is 5.75 Å². The molecule has 98 valence electrons. The summed E-state index contributed by atoms with van der Waals surface area (Å²) >= 11 is 0. The quantitative estimate of drug-likeness (QED) is 0.872. The van der Waals surface area contributed by atoms with Crippen molar-refractivity contribution in [3.8, 4) is 5.75 Å². The molecule has 1 atom stereocenters. The molecule has 0 saturated carbocycles. The molecular weight excluding hydrogens is 226 g/mol. The molecule has 18 heavy (non-hydrogen) atoms. The molecule has 0 saturated heterocycles. The van der Waals surface area contributed by atoms with Gasteiger partial charge in [-0.05, 0) is 31.9 Å².